The van der Waals surface area contributed by atoms with E-state index in [1.807, 2.05) is 18.2 Å². The highest BCUT2D eigenvalue weighted by atomic mass is 79.9. The first kappa shape index (κ1) is 15.1. The molecule has 1 aromatic rings. The molecule has 1 saturated carbocycles. The minimum Gasteiger partial charge on any atom is -0.491 e. The van der Waals surface area contributed by atoms with Crippen molar-refractivity contribution < 1.29 is 9.47 Å². The number of thiazole rings is 1. The third-order valence-electron chi connectivity index (χ3n) is 3.39. The summed E-state index contributed by atoms with van der Waals surface area (Å²) < 4.78 is 12.7. The van der Waals surface area contributed by atoms with Gasteiger partial charge in [0.2, 0.25) is 0 Å². The van der Waals surface area contributed by atoms with Gasteiger partial charge in [-0.05, 0) is 60.2 Å². The summed E-state index contributed by atoms with van der Waals surface area (Å²) in [7, 11) is 0. The van der Waals surface area contributed by atoms with Crippen LogP contribution in [0.25, 0.3) is 0 Å². The van der Waals surface area contributed by atoms with Gasteiger partial charge >= 0.3 is 0 Å². The highest BCUT2D eigenvalue weighted by molar-refractivity contribution is 9.11. The number of rotatable bonds is 4. The molecular weight excluding hydrogens is 374 g/mol. The van der Waals surface area contributed by atoms with Gasteiger partial charge in [-0.2, -0.15) is 0 Å². The molecule has 112 valence electrons. The van der Waals surface area contributed by atoms with Crippen LogP contribution in [-0.2, 0) is 4.74 Å². The maximum atomic E-state index is 6.34. The molecule has 0 spiro atoms. The average Bonchev–Trinajstić information content (AvgIpc) is 3.05. The van der Waals surface area contributed by atoms with Crippen molar-refractivity contribution in [1.29, 1.82) is 0 Å². The predicted octanol–water partition coefficient (Wildman–Crippen LogP) is 5.54. The van der Waals surface area contributed by atoms with E-state index in [4.69, 9.17) is 21.1 Å². The zero-order valence-corrected chi connectivity index (χ0v) is 14.5. The van der Waals surface area contributed by atoms with Gasteiger partial charge in [0.1, 0.15) is 11.5 Å². The van der Waals surface area contributed by atoms with E-state index in [2.05, 4.69) is 20.9 Å². The van der Waals surface area contributed by atoms with Crippen LogP contribution in [0.2, 0.25) is 0 Å². The summed E-state index contributed by atoms with van der Waals surface area (Å²) in [5, 5.41) is 1.11. The fourth-order valence-electron chi connectivity index (χ4n) is 2.39. The van der Waals surface area contributed by atoms with Crippen molar-refractivity contribution in [3.8, 4) is 5.19 Å². The van der Waals surface area contributed by atoms with Gasteiger partial charge in [-0.3, -0.25) is 0 Å². The number of nitrogens with zero attached hydrogens (tertiary/aromatic N) is 1. The fraction of sp³-hybridized carbons (Fsp3) is 0.400. The Labute approximate surface area is 141 Å². The lowest BCUT2D eigenvalue weighted by molar-refractivity contribution is 0.131. The molecule has 3 rings (SSSR count). The van der Waals surface area contributed by atoms with Crippen LogP contribution in [0.1, 0.15) is 32.1 Å². The van der Waals surface area contributed by atoms with Crippen molar-refractivity contribution in [1.82, 2.24) is 4.98 Å². The van der Waals surface area contributed by atoms with Crippen molar-refractivity contribution in [3.05, 3.63) is 44.8 Å². The lowest BCUT2D eigenvalue weighted by atomic mass is 10.3. The first-order valence-electron chi connectivity index (χ1n) is 6.94. The Morgan fingerprint density at radius 2 is 2.10 bits per heavy atom. The van der Waals surface area contributed by atoms with E-state index in [-0.39, 0.29) is 0 Å². The maximum Gasteiger partial charge on any atom is 0.279 e. The molecule has 6 heteroatoms. The summed E-state index contributed by atoms with van der Waals surface area (Å²) >= 11 is 11.1. The number of halogens is 2. The SMILES string of the molecule is ClC1=CC(OC2CCCC2)=CCC=C1Oc1ncc(Br)s1. The van der Waals surface area contributed by atoms with E-state index in [0.717, 1.165) is 28.8 Å². The van der Waals surface area contributed by atoms with E-state index in [9.17, 15) is 0 Å². The largest absolute Gasteiger partial charge is 0.491 e. The van der Waals surface area contributed by atoms with Crippen LogP contribution in [-0.4, -0.2) is 11.1 Å². The average molecular weight is 389 g/mol. The molecule has 0 unspecified atom stereocenters. The van der Waals surface area contributed by atoms with E-state index in [1.54, 1.807) is 6.20 Å². The first-order chi connectivity index (χ1) is 10.2. The number of hydrogen-bond donors (Lipinski definition) is 0. The molecule has 2 aliphatic carbocycles. The second kappa shape index (κ2) is 6.99. The van der Waals surface area contributed by atoms with Gasteiger partial charge in [0.15, 0.2) is 0 Å². The van der Waals surface area contributed by atoms with E-state index < -0.39 is 0 Å². The second-order valence-electron chi connectivity index (χ2n) is 4.96. The summed E-state index contributed by atoms with van der Waals surface area (Å²) in [6.07, 6.45) is 13.4. The van der Waals surface area contributed by atoms with Gasteiger partial charge in [-0.25, -0.2) is 4.98 Å². The van der Waals surface area contributed by atoms with Crippen LogP contribution in [0.5, 0.6) is 5.19 Å². The van der Waals surface area contributed by atoms with Crippen molar-refractivity contribution in [2.24, 2.45) is 0 Å². The lowest BCUT2D eigenvalue weighted by Crippen LogP contribution is -2.06. The molecule has 3 nitrogen and oxygen atoms in total. The molecule has 0 radical (unpaired) electrons. The van der Waals surface area contributed by atoms with E-state index in [1.165, 1.54) is 24.2 Å². The van der Waals surface area contributed by atoms with E-state index >= 15 is 0 Å². The Kier molecular flexibility index (Phi) is 5.03. The Balaban J connectivity index is 1.66. The zero-order valence-electron chi connectivity index (χ0n) is 11.4. The highest BCUT2D eigenvalue weighted by Crippen LogP contribution is 2.31. The van der Waals surface area contributed by atoms with E-state index in [0.29, 0.717) is 22.1 Å². The van der Waals surface area contributed by atoms with Crippen molar-refractivity contribution >= 4 is 38.9 Å². The van der Waals surface area contributed by atoms with Crippen molar-refractivity contribution in [2.45, 2.75) is 38.2 Å². The lowest BCUT2D eigenvalue weighted by Gasteiger charge is -2.13. The summed E-state index contributed by atoms with van der Waals surface area (Å²) in [6, 6.07) is 0. The Hall–Kier alpha value is -0.780. The topological polar surface area (TPSA) is 31.4 Å². The number of ether oxygens (including phenoxy) is 2. The summed E-state index contributed by atoms with van der Waals surface area (Å²) in [4.78, 5) is 4.15. The van der Waals surface area contributed by atoms with Gasteiger partial charge in [-0.1, -0.05) is 22.9 Å². The molecule has 0 aliphatic heterocycles. The predicted molar refractivity (Wildman–Crippen MR) is 88.5 cm³/mol. The van der Waals surface area contributed by atoms with Gasteiger partial charge in [0, 0.05) is 6.08 Å². The van der Waals surface area contributed by atoms with Crippen LogP contribution in [0, 0.1) is 0 Å². The van der Waals surface area contributed by atoms with Crippen LogP contribution >= 0.6 is 38.9 Å². The number of allylic oxidation sites excluding steroid dienone is 4. The molecule has 2 aliphatic rings. The van der Waals surface area contributed by atoms with Crippen molar-refractivity contribution in [2.75, 3.05) is 0 Å². The fourth-order valence-corrected chi connectivity index (χ4v) is 3.64. The Bertz CT molecular complexity index is 603. The molecule has 0 atom stereocenters. The van der Waals surface area contributed by atoms with Gasteiger partial charge < -0.3 is 9.47 Å². The maximum absolute atomic E-state index is 6.34. The van der Waals surface area contributed by atoms with Crippen molar-refractivity contribution in [3.63, 3.8) is 0 Å². The molecule has 0 aromatic carbocycles. The molecule has 0 N–H and O–H groups in total. The molecule has 21 heavy (non-hydrogen) atoms. The molecule has 0 bridgehead atoms. The number of hydrogen-bond acceptors (Lipinski definition) is 4. The minimum absolute atomic E-state index is 0.328. The third kappa shape index (κ3) is 4.11. The summed E-state index contributed by atoms with van der Waals surface area (Å²) in [5.41, 5.74) is 0. The smallest absolute Gasteiger partial charge is 0.279 e. The summed E-state index contributed by atoms with van der Waals surface area (Å²) in [6.45, 7) is 0. The quantitative estimate of drug-likeness (QED) is 0.679. The second-order valence-corrected chi connectivity index (χ2v) is 7.74. The molecule has 1 fully saturated rings. The zero-order chi connectivity index (χ0) is 14.7. The number of aromatic nitrogens is 1. The molecule has 0 saturated heterocycles. The minimum atomic E-state index is 0.328. The summed E-state index contributed by atoms with van der Waals surface area (Å²) in [5.74, 6) is 1.46. The highest BCUT2D eigenvalue weighted by Gasteiger charge is 2.18. The monoisotopic (exact) mass is 387 g/mol. The Morgan fingerprint density at radius 1 is 1.29 bits per heavy atom. The normalized spacial score (nSPS) is 19.6. The van der Waals surface area contributed by atoms with Gasteiger partial charge in [0.25, 0.3) is 5.19 Å². The van der Waals surface area contributed by atoms with Crippen LogP contribution in [0.15, 0.2) is 44.8 Å². The van der Waals surface area contributed by atoms with Crippen LogP contribution < -0.4 is 4.74 Å². The standard InChI is InChI=1S/C15H15BrClNO2S/c16-14-9-18-15(21-14)20-13-7-3-6-11(8-12(13)17)19-10-4-1-2-5-10/h6-10H,1-5H2. The van der Waals surface area contributed by atoms with Gasteiger partial charge in [-0.15, -0.1) is 0 Å². The third-order valence-corrected chi connectivity index (χ3v) is 5.03. The molecular formula is C15H15BrClNO2S. The molecule has 1 aromatic heterocycles. The Morgan fingerprint density at radius 3 is 2.81 bits per heavy atom. The molecule has 1 heterocycles. The van der Waals surface area contributed by atoms with Gasteiger partial charge in [0.05, 0.1) is 21.1 Å². The molecule has 0 amide bonds. The van der Waals surface area contributed by atoms with Crippen LogP contribution in [0.4, 0.5) is 0 Å². The first-order valence-corrected chi connectivity index (χ1v) is 8.93. The van der Waals surface area contributed by atoms with Crippen LogP contribution in [0.3, 0.4) is 0 Å².